The number of hydrogen-bond acceptors (Lipinski definition) is 4. The topological polar surface area (TPSA) is 58.6 Å². The van der Waals surface area contributed by atoms with Crippen LogP contribution in [0.2, 0.25) is 0 Å². The average molecular weight is 330 g/mol. The second kappa shape index (κ2) is 8.33. The number of halogens is 3. The number of benzene rings is 1. The summed E-state index contributed by atoms with van der Waals surface area (Å²) in [6.07, 6.45) is 1.27. The number of Topliss-reactive ketones (excluding diaryl/α,β-unsaturated/α-hetero) is 1. The van der Waals surface area contributed by atoms with E-state index in [2.05, 4.69) is 10.1 Å². The molecule has 0 radical (unpaired) electrons. The second-order valence-electron chi connectivity index (χ2n) is 4.89. The van der Waals surface area contributed by atoms with E-state index >= 15 is 0 Å². The number of ketones is 1. The molecule has 126 valence electrons. The van der Waals surface area contributed by atoms with Gasteiger partial charge in [-0.25, -0.2) is 13.2 Å². The van der Waals surface area contributed by atoms with Crippen LogP contribution in [-0.2, 0) is 20.9 Å². The Labute approximate surface area is 131 Å². The molecule has 0 saturated heterocycles. The molecule has 0 aliphatic rings. The lowest BCUT2D eigenvalue weighted by atomic mass is 10.1. The molecule has 0 aliphatic heterocycles. The summed E-state index contributed by atoms with van der Waals surface area (Å²) in [5.41, 5.74) is -0.720. The Morgan fingerprint density at radius 3 is 2.26 bits per heavy atom. The molecule has 5 nitrogen and oxygen atoms in total. The lowest BCUT2D eigenvalue weighted by Gasteiger charge is -2.12. The standard InChI is InChI=1S/C15H17F3N2O3/c1-20(2)7-11(14(21)8-23-3)15(22)19-6-10-12(17)4-9(16)5-13(10)18/h4-5,7H,6,8H2,1-3H3,(H,19,22). The number of nitrogens with one attached hydrogen (secondary N) is 1. The van der Waals surface area contributed by atoms with Crippen LogP contribution >= 0.6 is 0 Å². The summed E-state index contributed by atoms with van der Waals surface area (Å²) in [7, 11) is 4.51. The first-order valence-corrected chi connectivity index (χ1v) is 6.58. The Morgan fingerprint density at radius 2 is 1.78 bits per heavy atom. The number of amides is 1. The van der Waals surface area contributed by atoms with Gasteiger partial charge in [-0.05, 0) is 0 Å². The molecule has 0 heterocycles. The van der Waals surface area contributed by atoms with Crippen LogP contribution in [0.15, 0.2) is 23.9 Å². The number of rotatable bonds is 7. The average Bonchev–Trinajstić information content (AvgIpc) is 2.43. The number of hydrogen-bond donors (Lipinski definition) is 1. The highest BCUT2D eigenvalue weighted by molar-refractivity contribution is 6.19. The first-order chi connectivity index (χ1) is 10.8. The maximum atomic E-state index is 13.5. The lowest BCUT2D eigenvalue weighted by Crippen LogP contribution is -2.31. The van der Waals surface area contributed by atoms with E-state index < -0.39 is 41.3 Å². The summed E-state index contributed by atoms with van der Waals surface area (Å²) in [5.74, 6) is -4.70. The molecule has 1 N–H and O–H groups in total. The summed E-state index contributed by atoms with van der Waals surface area (Å²) >= 11 is 0. The fraction of sp³-hybridized carbons (Fsp3) is 0.333. The monoisotopic (exact) mass is 330 g/mol. The Hall–Kier alpha value is -2.35. The Bertz CT molecular complexity index is 607. The van der Waals surface area contributed by atoms with Crippen molar-refractivity contribution in [3.8, 4) is 0 Å². The van der Waals surface area contributed by atoms with Crippen molar-refractivity contribution in [3.63, 3.8) is 0 Å². The smallest absolute Gasteiger partial charge is 0.256 e. The maximum absolute atomic E-state index is 13.5. The van der Waals surface area contributed by atoms with Gasteiger partial charge >= 0.3 is 0 Å². The molecule has 0 aliphatic carbocycles. The predicted molar refractivity (Wildman–Crippen MR) is 76.8 cm³/mol. The number of nitrogens with zero attached hydrogens (tertiary/aromatic N) is 1. The van der Waals surface area contributed by atoms with Crippen LogP contribution < -0.4 is 5.32 Å². The van der Waals surface area contributed by atoms with Gasteiger partial charge in [0.15, 0.2) is 5.78 Å². The Balaban J connectivity index is 2.90. The van der Waals surface area contributed by atoms with Gasteiger partial charge in [-0.15, -0.1) is 0 Å². The van der Waals surface area contributed by atoms with Crippen LogP contribution in [-0.4, -0.2) is 44.4 Å². The van der Waals surface area contributed by atoms with Crippen molar-refractivity contribution in [2.24, 2.45) is 0 Å². The third kappa shape index (κ3) is 5.41. The van der Waals surface area contributed by atoms with Gasteiger partial charge in [-0.3, -0.25) is 9.59 Å². The molecule has 0 aromatic heterocycles. The molecule has 1 aromatic rings. The van der Waals surface area contributed by atoms with Crippen molar-refractivity contribution in [1.29, 1.82) is 0 Å². The van der Waals surface area contributed by atoms with E-state index in [1.165, 1.54) is 18.2 Å². The molecular formula is C15H17F3N2O3. The lowest BCUT2D eigenvalue weighted by molar-refractivity contribution is -0.124. The molecule has 0 unspecified atom stereocenters. The van der Waals surface area contributed by atoms with E-state index in [0.29, 0.717) is 12.1 Å². The first kappa shape index (κ1) is 18.7. The van der Waals surface area contributed by atoms with E-state index in [1.807, 2.05) is 0 Å². The molecular weight excluding hydrogens is 313 g/mol. The van der Waals surface area contributed by atoms with Gasteiger partial charge in [-0.1, -0.05) is 0 Å². The predicted octanol–water partition coefficient (Wildman–Crippen LogP) is 1.38. The summed E-state index contributed by atoms with van der Waals surface area (Å²) in [4.78, 5) is 25.4. The third-order valence-electron chi connectivity index (χ3n) is 2.74. The van der Waals surface area contributed by atoms with Crippen molar-refractivity contribution in [2.45, 2.75) is 6.54 Å². The van der Waals surface area contributed by atoms with E-state index in [4.69, 9.17) is 0 Å². The third-order valence-corrected chi connectivity index (χ3v) is 2.74. The normalized spacial score (nSPS) is 11.3. The molecule has 0 spiro atoms. The van der Waals surface area contributed by atoms with Crippen molar-refractivity contribution in [2.75, 3.05) is 27.8 Å². The molecule has 0 fully saturated rings. The van der Waals surface area contributed by atoms with Crippen molar-refractivity contribution >= 4 is 11.7 Å². The minimum atomic E-state index is -1.12. The van der Waals surface area contributed by atoms with E-state index in [0.717, 1.165) is 0 Å². The number of ether oxygens (including phenoxy) is 1. The van der Waals surface area contributed by atoms with Gasteiger partial charge in [0.25, 0.3) is 5.91 Å². The van der Waals surface area contributed by atoms with Crippen LogP contribution in [0.5, 0.6) is 0 Å². The molecule has 8 heteroatoms. The number of carbonyl (C=O) groups is 2. The number of methoxy groups -OCH3 is 1. The number of carbonyl (C=O) groups excluding carboxylic acids is 2. The van der Waals surface area contributed by atoms with Crippen LogP contribution in [0.3, 0.4) is 0 Å². The van der Waals surface area contributed by atoms with Crippen molar-refractivity contribution in [3.05, 3.63) is 46.9 Å². The van der Waals surface area contributed by atoms with Crippen LogP contribution in [0.4, 0.5) is 13.2 Å². The summed E-state index contributed by atoms with van der Waals surface area (Å²) < 4.78 is 44.5. The van der Waals surface area contributed by atoms with Gasteiger partial charge in [0.1, 0.15) is 29.6 Å². The fourth-order valence-electron chi connectivity index (χ4n) is 1.73. The Kier molecular flexibility index (Phi) is 6.77. The molecule has 0 saturated carbocycles. The zero-order valence-electron chi connectivity index (χ0n) is 13.0. The SMILES string of the molecule is COCC(=O)C(=CN(C)C)C(=O)NCc1c(F)cc(F)cc1F. The van der Waals surface area contributed by atoms with Crippen molar-refractivity contribution < 1.29 is 27.5 Å². The fourth-order valence-corrected chi connectivity index (χ4v) is 1.73. The molecule has 1 amide bonds. The molecule has 0 bridgehead atoms. The largest absolute Gasteiger partial charge is 0.383 e. The van der Waals surface area contributed by atoms with E-state index in [1.54, 1.807) is 14.1 Å². The molecule has 1 rings (SSSR count). The second-order valence-corrected chi connectivity index (χ2v) is 4.89. The van der Waals surface area contributed by atoms with Gasteiger partial charge in [-0.2, -0.15) is 0 Å². The van der Waals surface area contributed by atoms with Crippen LogP contribution in [0, 0.1) is 17.5 Å². The summed E-state index contributed by atoms with van der Waals surface area (Å²) in [5, 5.41) is 2.23. The first-order valence-electron chi connectivity index (χ1n) is 6.58. The highest BCUT2D eigenvalue weighted by Crippen LogP contribution is 2.14. The van der Waals surface area contributed by atoms with Gasteiger partial charge in [0.05, 0.1) is 0 Å². The van der Waals surface area contributed by atoms with Crippen molar-refractivity contribution in [1.82, 2.24) is 10.2 Å². The van der Waals surface area contributed by atoms with Gasteiger partial charge < -0.3 is 15.0 Å². The molecule has 0 atom stereocenters. The summed E-state index contributed by atoms with van der Waals surface area (Å²) in [6, 6.07) is 1.02. The van der Waals surface area contributed by atoms with Crippen LogP contribution in [0.1, 0.15) is 5.56 Å². The van der Waals surface area contributed by atoms with Gasteiger partial charge in [0.2, 0.25) is 0 Å². The van der Waals surface area contributed by atoms with Gasteiger partial charge in [0, 0.05) is 51.6 Å². The zero-order valence-corrected chi connectivity index (χ0v) is 13.0. The summed E-state index contributed by atoms with van der Waals surface area (Å²) in [6.45, 7) is -0.839. The highest BCUT2D eigenvalue weighted by atomic mass is 19.1. The maximum Gasteiger partial charge on any atom is 0.256 e. The molecule has 1 aromatic carbocycles. The zero-order chi connectivity index (χ0) is 17.6. The van der Waals surface area contributed by atoms with Crippen LogP contribution in [0.25, 0.3) is 0 Å². The van der Waals surface area contributed by atoms with E-state index in [9.17, 15) is 22.8 Å². The minimum Gasteiger partial charge on any atom is -0.383 e. The minimum absolute atomic E-state index is 0.222. The van der Waals surface area contributed by atoms with E-state index in [-0.39, 0.29) is 12.2 Å². The Morgan fingerprint density at radius 1 is 1.22 bits per heavy atom. The molecule has 23 heavy (non-hydrogen) atoms. The quantitative estimate of drug-likeness (QED) is 0.466. The highest BCUT2D eigenvalue weighted by Gasteiger charge is 2.20.